The lowest BCUT2D eigenvalue weighted by atomic mass is 10.1. The fraction of sp³-hybridized carbons (Fsp3) is 0.421. The molecule has 1 aliphatic heterocycles. The van der Waals surface area contributed by atoms with Gasteiger partial charge in [0, 0.05) is 30.8 Å². The second-order valence-corrected chi connectivity index (χ2v) is 7.50. The molecule has 3 rings (SSSR count). The molecule has 1 aliphatic rings. The molecule has 2 aromatic rings. The van der Waals surface area contributed by atoms with Crippen molar-refractivity contribution in [3.63, 3.8) is 0 Å². The number of thioether (sulfide) groups is 1. The van der Waals surface area contributed by atoms with Gasteiger partial charge in [-0.05, 0) is 44.5 Å². The van der Waals surface area contributed by atoms with Crippen molar-refractivity contribution in [3.05, 3.63) is 41.0 Å². The van der Waals surface area contributed by atoms with E-state index >= 15 is 0 Å². The van der Waals surface area contributed by atoms with E-state index in [1.807, 2.05) is 39.0 Å². The van der Waals surface area contributed by atoms with Crippen molar-refractivity contribution < 1.29 is 14.0 Å². The van der Waals surface area contributed by atoms with Crippen molar-refractivity contribution in [3.8, 4) is 0 Å². The molecule has 0 aliphatic carbocycles. The van der Waals surface area contributed by atoms with E-state index in [1.165, 1.54) is 0 Å². The molecule has 26 heavy (non-hydrogen) atoms. The summed E-state index contributed by atoms with van der Waals surface area (Å²) in [6.45, 7) is 6.80. The number of hydrogen-bond acceptors (Lipinski definition) is 5. The summed E-state index contributed by atoms with van der Waals surface area (Å²) >= 11 is 1.68. The SMILES string of the molecule is Cc1cc(C)c2c(n1)SCCN2C(=O)CCC(=O)NCc1ccc(C)o1. The summed E-state index contributed by atoms with van der Waals surface area (Å²) in [6.07, 6.45) is 0.344. The number of rotatable bonds is 5. The van der Waals surface area contributed by atoms with Crippen LogP contribution in [0.2, 0.25) is 0 Å². The summed E-state index contributed by atoms with van der Waals surface area (Å²) in [5.41, 5.74) is 2.89. The normalized spacial score (nSPS) is 13.4. The van der Waals surface area contributed by atoms with Gasteiger partial charge in [-0.15, -0.1) is 11.8 Å². The van der Waals surface area contributed by atoms with E-state index in [9.17, 15) is 9.59 Å². The predicted octanol–water partition coefficient (Wildman–Crippen LogP) is 3.14. The molecule has 7 heteroatoms. The van der Waals surface area contributed by atoms with E-state index in [0.717, 1.165) is 33.5 Å². The van der Waals surface area contributed by atoms with Gasteiger partial charge in [-0.2, -0.15) is 0 Å². The number of carbonyl (C=O) groups is 2. The van der Waals surface area contributed by atoms with Gasteiger partial charge in [0.15, 0.2) is 0 Å². The third-order valence-electron chi connectivity index (χ3n) is 4.23. The standard InChI is InChI=1S/C19H23N3O3S/c1-12-10-13(2)21-19-18(12)22(8-9-26-19)17(24)7-6-16(23)20-11-15-5-4-14(3)25-15/h4-5,10H,6-9,11H2,1-3H3,(H,20,23). The van der Waals surface area contributed by atoms with Crippen molar-refractivity contribution >= 4 is 29.3 Å². The number of aryl methyl sites for hydroxylation is 3. The zero-order chi connectivity index (χ0) is 18.7. The second-order valence-electron chi connectivity index (χ2n) is 6.42. The number of carbonyl (C=O) groups excluding carboxylic acids is 2. The molecule has 0 aromatic carbocycles. The molecule has 0 fully saturated rings. The fourth-order valence-electron chi connectivity index (χ4n) is 3.03. The molecule has 2 amide bonds. The number of hydrogen-bond donors (Lipinski definition) is 1. The molecule has 0 saturated heterocycles. The average Bonchev–Trinajstić information content (AvgIpc) is 3.02. The first kappa shape index (κ1) is 18.5. The number of nitrogens with one attached hydrogen (secondary N) is 1. The molecule has 1 N–H and O–H groups in total. The maximum Gasteiger partial charge on any atom is 0.227 e. The number of anilines is 1. The first-order valence-corrected chi connectivity index (χ1v) is 9.66. The minimum absolute atomic E-state index is 0.0377. The first-order chi connectivity index (χ1) is 12.4. The highest BCUT2D eigenvalue weighted by Crippen LogP contribution is 2.36. The van der Waals surface area contributed by atoms with E-state index in [2.05, 4.69) is 10.3 Å². The van der Waals surface area contributed by atoms with E-state index in [-0.39, 0.29) is 24.7 Å². The van der Waals surface area contributed by atoms with Crippen molar-refractivity contribution in [1.29, 1.82) is 0 Å². The van der Waals surface area contributed by atoms with Crippen LogP contribution in [0.15, 0.2) is 27.6 Å². The molecule has 6 nitrogen and oxygen atoms in total. The van der Waals surface area contributed by atoms with Crippen LogP contribution >= 0.6 is 11.8 Å². The summed E-state index contributed by atoms with van der Waals surface area (Å²) in [5, 5.41) is 3.69. The Bertz CT molecular complexity index is 831. The minimum Gasteiger partial charge on any atom is -0.465 e. The molecule has 0 radical (unpaired) electrons. The van der Waals surface area contributed by atoms with Crippen LogP contribution in [-0.2, 0) is 16.1 Å². The molecular weight excluding hydrogens is 350 g/mol. The number of fused-ring (bicyclic) bond motifs is 1. The Morgan fingerprint density at radius 1 is 1.27 bits per heavy atom. The maximum atomic E-state index is 12.7. The highest BCUT2D eigenvalue weighted by atomic mass is 32.2. The zero-order valence-corrected chi connectivity index (χ0v) is 16.1. The molecule has 138 valence electrons. The topological polar surface area (TPSA) is 75.4 Å². The lowest BCUT2D eigenvalue weighted by molar-refractivity contribution is -0.125. The Labute approximate surface area is 157 Å². The number of pyridine rings is 1. The van der Waals surface area contributed by atoms with Crippen molar-refractivity contribution in [2.75, 3.05) is 17.2 Å². The quantitative estimate of drug-likeness (QED) is 0.871. The van der Waals surface area contributed by atoms with Gasteiger partial charge < -0.3 is 14.6 Å². The van der Waals surface area contributed by atoms with Gasteiger partial charge in [-0.25, -0.2) is 4.98 Å². The summed E-state index contributed by atoms with van der Waals surface area (Å²) < 4.78 is 5.42. The van der Waals surface area contributed by atoms with Crippen LogP contribution in [0.25, 0.3) is 0 Å². The molecule has 3 heterocycles. The highest BCUT2D eigenvalue weighted by Gasteiger charge is 2.26. The summed E-state index contributed by atoms with van der Waals surface area (Å²) in [7, 11) is 0. The lowest BCUT2D eigenvalue weighted by Crippen LogP contribution is -2.37. The summed E-state index contributed by atoms with van der Waals surface area (Å²) in [4.78, 5) is 31.0. The van der Waals surface area contributed by atoms with Gasteiger partial charge in [-0.3, -0.25) is 9.59 Å². The average molecular weight is 373 g/mol. The lowest BCUT2D eigenvalue weighted by Gasteiger charge is -2.30. The summed E-state index contributed by atoms with van der Waals surface area (Å²) in [5.74, 6) is 2.15. The van der Waals surface area contributed by atoms with Gasteiger partial charge in [0.1, 0.15) is 16.5 Å². The smallest absolute Gasteiger partial charge is 0.227 e. The van der Waals surface area contributed by atoms with Crippen LogP contribution in [0.4, 0.5) is 5.69 Å². The van der Waals surface area contributed by atoms with Crippen LogP contribution in [0.5, 0.6) is 0 Å². The highest BCUT2D eigenvalue weighted by molar-refractivity contribution is 7.99. The van der Waals surface area contributed by atoms with Crippen LogP contribution in [0.3, 0.4) is 0 Å². The van der Waals surface area contributed by atoms with E-state index in [4.69, 9.17) is 4.42 Å². The zero-order valence-electron chi connectivity index (χ0n) is 15.3. The number of furan rings is 1. The van der Waals surface area contributed by atoms with Crippen LogP contribution < -0.4 is 10.2 Å². The number of nitrogens with zero attached hydrogens (tertiary/aromatic N) is 2. The third kappa shape index (κ3) is 4.27. The predicted molar refractivity (Wildman–Crippen MR) is 101 cm³/mol. The Morgan fingerprint density at radius 3 is 2.81 bits per heavy atom. The van der Waals surface area contributed by atoms with Gasteiger partial charge in [0.05, 0.1) is 12.2 Å². The Kier molecular flexibility index (Phi) is 5.66. The maximum absolute atomic E-state index is 12.7. The Morgan fingerprint density at radius 2 is 2.08 bits per heavy atom. The van der Waals surface area contributed by atoms with Crippen LogP contribution in [0, 0.1) is 20.8 Å². The molecule has 0 bridgehead atoms. The number of aromatic nitrogens is 1. The van der Waals surface area contributed by atoms with Gasteiger partial charge in [-0.1, -0.05) is 0 Å². The molecule has 0 saturated carbocycles. The Balaban J connectivity index is 1.57. The third-order valence-corrected chi connectivity index (χ3v) is 5.17. The Hall–Kier alpha value is -2.28. The van der Waals surface area contributed by atoms with Crippen molar-refractivity contribution in [2.24, 2.45) is 0 Å². The molecule has 0 atom stereocenters. The molecular formula is C19H23N3O3S. The first-order valence-electron chi connectivity index (χ1n) is 8.67. The van der Waals surface area contributed by atoms with Crippen LogP contribution in [0.1, 0.15) is 35.6 Å². The minimum atomic E-state index is -0.155. The number of amides is 2. The van der Waals surface area contributed by atoms with Crippen molar-refractivity contribution in [1.82, 2.24) is 10.3 Å². The molecule has 0 unspecified atom stereocenters. The van der Waals surface area contributed by atoms with E-state index < -0.39 is 0 Å². The van der Waals surface area contributed by atoms with Gasteiger partial charge in [0.25, 0.3) is 0 Å². The van der Waals surface area contributed by atoms with Crippen molar-refractivity contribution in [2.45, 2.75) is 45.2 Å². The monoisotopic (exact) mass is 373 g/mol. The van der Waals surface area contributed by atoms with E-state index in [1.54, 1.807) is 16.7 Å². The van der Waals surface area contributed by atoms with Gasteiger partial charge >= 0.3 is 0 Å². The summed E-state index contributed by atoms with van der Waals surface area (Å²) in [6, 6.07) is 5.68. The van der Waals surface area contributed by atoms with Crippen LogP contribution in [-0.4, -0.2) is 29.1 Å². The molecule has 0 spiro atoms. The largest absolute Gasteiger partial charge is 0.465 e. The fourth-order valence-corrected chi connectivity index (χ4v) is 4.11. The second kappa shape index (κ2) is 7.95. The van der Waals surface area contributed by atoms with Gasteiger partial charge in [0.2, 0.25) is 11.8 Å². The van der Waals surface area contributed by atoms with E-state index in [0.29, 0.717) is 18.8 Å². The molecule has 2 aromatic heterocycles.